The van der Waals surface area contributed by atoms with Gasteiger partial charge in [-0.1, -0.05) is 66.7 Å². The van der Waals surface area contributed by atoms with E-state index in [-0.39, 0.29) is 5.91 Å². The minimum Gasteiger partial charge on any atom is -0.356 e. The highest BCUT2D eigenvalue weighted by molar-refractivity contribution is 5.88. The van der Waals surface area contributed by atoms with Crippen molar-refractivity contribution in [3.8, 4) is 0 Å². The third-order valence-corrected chi connectivity index (χ3v) is 7.29. The van der Waals surface area contributed by atoms with Gasteiger partial charge in [0.15, 0.2) is 5.96 Å². The third-order valence-electron chi connectivity index (χ3n) is 7.29. The number of guanidine groups is 1. The molecule has 7 heteroatoms. The Morgan fingerprint density at radius 3 is 2.55 bits per heavy atom. The average Bonchev–Trinajstić information content (AvgIpc) is 2.96. The van der Waals surface area contributed by atoms with Gasteiger partial charge in [-0.15, -0.1) is 0 Å². The van der Waals surface area contributed by atoms with Gasteiger partial charge in [0.05, 0.1) is 0 Å². The number of carbonyl (C=O) groups is 1. The maximum absolute atomic E-state index is 13.6. The maximum Gasteiger partial charge on any atom is 0.243 e. The van der Waals surface area contributed by atoms with E-state index in [1.165, 1.54) is 5.39 Å². The second-order valence-corrected chi connectivity index (χ2v) is 10.2. The van der Waals surface area contributed by atoms with Crippen molar-refractivity contribution in [3.05, 3.63) is 83.9 Å². The summed E-state index contributed by atoms with van der Waals surface area (Å²) in [6.45, 7) is 4.40. The Labute approximate surface area is 226 Å². The maximum atomic E-state index is 13.6. The molecule has 0 bridgehead atoms. The summed E-state index contributed by atoms with van der Waals surface area (Å²) >= 11 is 0. The minimum atomic E-state index is -0.522. The fourth-order valence-electron chi connectivity index (χ4n) is 5.10. The van der Waals surface area contributed by atoms with Crippen molar-refractivity contribution >= 4 is 22.6 Å². The SMILES string of the molecule is N=C(NCC1CCCNC1)N(Cc1ccc2ccccc2c1)C(Cc1ccccc1)C(=O)NCCCCN. The van der Waals surface area contributed by atoms with Gasteiger partial charge in [0.1, 0.15) is 6.04 Å². The number of carbonyl (C=O) groups excluding carboxylic acids is 1. The predicted octanol–water partition coefficient (Wildman–Crippen LogP) is 3.63. The fraction of sp³-hybridized carbons (Fsp3) is 0.419. The Hall–Kier alpha value is -3.42. The monoisotopic (exact) mass is 514 g/mol. The Morgan fingerprint density at radius 2 is 1.79 bits per heavy atom. The van der Waals surface area contributed by atoms with Crippen LogP contribution in [0.15, 0.2) is 72.8 Å². The molecule has 0 spiro atoms. The third kappa shape index (κ3) is 8.04. The van der Waals surface area contributed by atoms with Gasteiger partial charge in [-0.05, 0) is 79.2 Å². The van der Waals surface area contributed by atoms with Crippen molar-refractivity contribution in [1.29, 1.82) is 5.41 Å². The van der Waals surface area contributed by atoms with Crippen molar-refractivity contribution < 1.29 is 4.79 Å². The molecule has 0 radical (unpaired) electrons. The number of benzene rings is 3. The van der Waals surface area contributed by atoms with Crippen LogP contribution in [0.25, 0.3) is 10.8 Å². The fourth-order valence-corrected chi connectivity index (χ4v) is 5.10. The molecule has 2 atom stereocenters. The van der Waals surface area contributed by atoms with Gasteiger partial charge in [-0.25, -0.2) is 0 Å². The van der Waals surface area contributed by atoms with Crippen LogP contribution in [0.3, 0.4) is 0 Å². The van der Waals surface area contributed by atoms with Crippen LogP contribution in [0.5, 0.6) is 0 Å². The first-order valence-electron chi connectivity index (χ1n) is 13.9. The summed E-state index contributed by atoms with van der Waals surface area (Å²) in [4.78, 5) is 15.6. The number of nitrogens with zero attached hydrogens (tertiary/aromatic N) is 1. The van der Waals surface area contributed by atoms with Crippen molar-refractivity contribution in [3.63, 3.8) is 0 Å². The lowest BCUT2D eigenvalue weighted by Gasteiger charge is -2.34. The molecule has 1 heterocycles. The van der Waals surface area contributed by atoms with Crippen molar-refractivity contribution in [2.24, 2.45) is 11.7 Å². The molecule has 1 fully saturated rings. The molecule has 1 aliphatic heterocycles. The molecule has 3 aromatic rings. The molecule has 0 aliphatic carbocycles. The minimum absolute atomic E-state index is 0.0578. The van der Waals surface area contributed by atoms with E-state index in [1.54, 1.807) is 0 Å². The summed E-state index contributed by atoms with van der Waals surface area (Å²) in [5.41, 5.74) is 7.80. The highest BCUT2D eigenvalue weighted by Crippen LogP contribution is 2.20. The summed E-state index contributed by atoms with van der Waals surface area (Å²) in [5, 5.41) is 21.4. The summed E-state index contributed by atoms with van der Waals surface area (Å²) in [6, 6.07) is 24.2. The van der Waals surface area contributed by atoms with E-state index >= 15 is 0 Å². The molecule has 1 amide bonds. The number of unbranched alkanes of at least 4 members (excludes halogenated alkanes) is 1. The first-order chi connectivity index (χ1) is 18.6. The van der Waals surface area contributed by atoms with Gasteiger partial charge < -0.3 is 26.6 Å². The number of nitrogens with two attached hydrogens (primary N) is 1. The first kappa shape index (κ1) is 27.6. The summed E-state index contributed by atoms with van der Waals surface area (Å²) in [5.74, 6) is 0.712. The van der Waals surface area contributed by atoms with E-state index in [1.807, 2.05) is 47.4 Å². The summed E-state index contributed by atoms with van der Waals surface area (Å²) in [7, 11) is 0. The molecule has 4 rings (SSSR count). The normalized spacial score (nSPS) is 16.1. The van der Waals surface area contributed by atoms with Gasteiger partial charge in [-0.2, -0.15) is 0 Å². The summed E-state index contributed by atoms with van der Waals surface area (Å²) < 4.78 is 0. The van der Waals surface area contributed by atoms with Crippen molar-refractivity contribution in [2.75, 3.05) is 32.7 Å². The molecule has 202 valence electrons. The Balaban J connectivity index is 1.59. The zero-order chi connectivity index (χ0) is 26.6. The van der Waals surface area contributed by atoms with Gasteiger partial charge in [0.2, 0.25) is 5.91 Å². The van der Waals surface area contributed by atoms with Gasteiger partial charge >= 0.3 is 0 Å². The number of rotatable bonds is 12. The number of fused-ring (bicyclic) bond motifs is 1. The molecule has 6 N–H and O–H groups in total. The van der Waals surface area contributed by atoms with Crippen molar-refractivity contribution in [2.45, 2.75) is 44.7 Å². The first-order valence-corrected chi connectivity index (χ1v) is 13.9. The van der Waals surface area contributed by atoms with Crippen LogP contribution in [0.1, 0.15) is 36.8 Å². The molecule has 3 aromatic carbocycles. The largest absolute Gasteiger partial charge is 0.356 e. The number of hydrogen-bond donors (Lipinski definition) is 5. The standard InChI is InChI=1S/C31H42N6O/c32-16-6-7-18-35-30(38)29(20-24-9-2-1-3-10-24)37(31(33)36-22-26-11-8-17-34-21-26)23-25-14-15-27-12-4-5-13-28(27)19-25/h1-5,9-10,12-15,19,26,29,34H,6-8,11,16-18,20-23,32H2,(H2,33,36)(H,35,38). The van der Waals surface area contributed by atoms with E-state index in [0.29, 0.717) is 37.9 Å². The molecule has 0 saturated carbocycles. The van der Waals surface area contributed by atoms with Crippen LogP contribution in [0.4, 0.5) is 0 Å². The van der Waals surface area contributed by atoms with Gasteiger partial charge in [-0.3, -0.25) is 10.2 Å². The molecular formula is C31H42N6O. The second kappa shape index (κ2) is 14.5. The van der Waals surface area contributed by atoms with Crippen LogP contribution < -0.4 is 21.7 Å². The van der Waals surface area contributed by atoms with Gasteiger partial charge in [0.25, 0.3) is 0 Å². The highest BCUT2D eigenvalue weighted by Gasteiger charge is 2.29. The molecule has 0 aromatic heterocycles. The highest BCUT2D eigenvalue weighted by atomic mass is 16.2. The average molecular weight is 515 g/mol. The molecular weight excluding hydrogens is 472 g/mol. The van der Waals surface area contributed by atoms with Gasteiger partial charge in [0, 0.05) is 26.1 Å². The smallest absolute Gasteiger partial charge is 0.243 e. The Kier molecular flexibility index (Phi) is 10.5. The predicted molar refractivity (Wildman–Crippen MR) is 156 cm³/mol. The van der Waals surface area contributed by atoms with Crippen LogP contribution in [-0.4, -0.2) is 55.5 Å². The molecule has 38 heavy (non-hydrogen) atoms. The van der Waals surface area contributed by atoms with E-state index in [0.717, 1.165) is 61.8 Å². The number of amides is 1. The summed E-state index contributed by atoms with van der Waals surface area (Å²) in [6.07, 6.45) is 4.54. The Morgan fingerprint density at radius 1 is 1.00 bits per heavy atom. The lowest BCUT2D eigenvalue weighted by Crippen LogP contribution is -2.54. The van der Waals surface area contributed by atoms with Crippen LogP contribution >= 0.6 is 0 Å². The lowest BCUT2D eigenvalue weighted by molar-refractivity contribution is -0.125. The Bertz CT molecular complexity index is 1160. The second-order valence-electron chi connectivity index (χ2n) is 10.2. The number of piperidine rings is 1. The van der Waals surface area contributed by atoms with E-state index in [9.17, 15) is 4.79 Å². The van der Waals surface area contributed by atoms with Crippen LogP contribution in [0, 0.1) is 11.3 Å². The molecule has 1 saturated heterocycles. The molecule has 7 nitrogen and oxygen atoms in total. The van der Waals surface area contributed by atoms with E-state index < -0.39 is 6.04 Å². The zero-order valence-corrected chi connectivity index (χ0v) is 22.3. The topological polar surface area (TPSA) is 106 Å². The van der Waals surface area contributed by atoms with Crippen LogP contribution in [0.2, 0.25) is 0 Å². The molecule has 2 unspecified atom stereocenters. The molecule has 1 aliphatic rings. The van der Waals surface area contributed by atoms with Crippen molar-refractivity contribution in [1.82, 2.24) is 20.9 Å². The van der Waals surface area contributed by atoms with Crippen LogP contribution in [-0.2, 0) is 17.8 Å². The number of hydrogen-bond acceptors (Lipinski definition) is 4. The zero-order valence-electron chi connectivity index (χ0n) is 22.3. The van der Waals surface area contributed by atoms with E-state index in [4.69, 9.17) is 11.1 Å². The lowest BCUT2D eigenvalue weighted by atomic mass is 9.99. The quantitative estimate of drug-likeness (QED) is 0.144. The van der Waals surface area contributed by atoms with E-state index in [2.05, 4.69) is 46.3 Å². The number of nitrogens with one attached hydrogen (secondary N) is 4.